The number of rotatable bonds is 1. The molecule has 2 aliphatic heterocycles. The maximum atomic E-state index is 10.5. The van der Waals surface area contributed by atoms with Crippen molar-refractivity contribution in [2.75, 3.05) is 0 Å². The minimum absolute atomic E-state index is 0.0208. The van der Waals surface area contributed by atoms with Crippen molar-refractivity contribution in [1.82, 2.24) is 0 Å². The fourth-order valence-electron chi connectivity index (χ4n) is 1.36. The summed E-state index contributed by atoms with van der Waals surface area (Å²) in [6.07, 6.45) is 6.33. The maximum absolute atomic E-state index is 10.5. The Morgan fingerprint density at radius 3 is 2.82 bits per heavy atom. The molecule has 11 heavy (non-hydrogen) atoms. The lowest BCUT2D eigenvalue weighted by atomic mass is 10.0. The lowest BCUT2D eigenvalue weighted by Gasteiger charge is -2.33. The molecular weight excluding hydrogens is 144 g/mol. The van der Waals surface area contributed by atoms with Gasteiger partial charge in [-0.1, -0.05) is 0 Å². The first-order chi connectivity index (χ1) is 5.36. The molecule has 60 valence electrons. The van der Waals surface area contributed by atoms with Gasteiger partial charge in [0.25, 0.3) is 0 Å². The van der Waals surface area contributed by atoms with Crippen molar-refractivity contribution in [3.05, 3.63) is 12.3 Å². The van der Waals surface area contributed by atoms with Crippen molar-refractivity contribution < 1.29 is 14.3 Å². The number of allylic oxidation sites excluding steroid dienone is 1. The Kier molecular flexibility index (Phi) is 1.56. The van der Waals surface area contributed by atoms with Crippen LogP contribution in [0.15, 0.2) is 12.3 Å². The lowest BCUT2D eigenvalue weighted by Crippen LogP contribution is -2.43. The van der Waals surface area contributed by atoms with E-state index < -0.39 is 0 Å². The second-order valence-corrected chi connectivity index (χ2v) is 2.86. The molecule has 0 spiro atoms. The molecule has 0 radical (unpaired) electrons. The summed E-state index contributed by atoms with van der Waals surface area (Å²) in [5.74, 6) is -0.104. The van der Waals surface area contributed by atoms with Crippen molar-refractivity contribution in [3.63, 3.8) is 0 Å². The van der Waals surface area contributed by atoms with E-state index in [9.17, 15) is 4.79 Å². The first-order valence-electron chi connectivity index (χ1n) is 3.86. The number of hydrogen-bond acceptors (Lipinski definition) is 3. The average Bonchev–Trinajstić information content (AvgIpc) is 2.01. The van der Waals surface area contributed by atoms with Crippen LogP contribution >= 0.6 is 0 Å². The summed E-state index contributed by atoms with van der Waals surface area (Å²) in [6, 6.07) is 0. The van der Waals surface area contributed by atoms with E-state index in [0.717, 1.165) is 12.8 Å². The lowest BCUT2D eigenvalue weighted by molar-refractivity contribution is -0.181. The smallest absolute Gasteiger partial charge is 0.310 e. The Labute approximate surface area is 65.0 Å². The van der Waals surface area contributed by atoms with Gasteiger partial charge in [-0.3, -0.25) is 4.79 Å². The van der Waals surface area contributed by atoms with Gasteiger partial charge < -0.3 is 9.47 Å². The van der Waals surface area contributed by atoms with E-state index in [-0.39, 0.29) is 18.2 Å². The summed E-state index contributed by atoms with van der Waals surface area (Å²) in [5, 5.41) is 0. The van der Waals surface area contributed by atoms with Gasteiger partial charge in [0, 0.05) is 0 Å². The standard InChI is InChI=1S/C8H10O3/c9-8-5-7(11-8)6-3-1-2-4-10-6/h2,4,6-7H,1,3,5H2. The van der Waals surface area contributed by atoms with E-state index >= 15 is 0 Å². The largest absolute Gasteiger partial charge is 0.494 e. The molecule has 0 aromatic rings. The summed E-state index contributed by atoms with van der Waals surface area (Å²) < 4.78 is 10.2. The molecule has 0 bridgehead atoms. The molecule has 2 aliphatic rings. The van der Waals surface area contributed by atoms with Gasteiger partial charge in [0.05, 0.1) is 12.7 Å². The number of carbonyl (C=O) groups is 1. The Morgan fingerprint density at radius 1 is 1.45 bits per heavy atom. The van der Waals surface area contributed by atoms with Gasteiger partial charge in [-0.25, -0.2) is 0 Å². The van der Waals surface area contributed by atoms with Gasteiger partial charge in [0.2, 0.25) is 0 Å². The van der Waals surface area contributed by atoms with Gasteiger partial charge in [0.1, 0.15) is 12.2 Å². The van der Waals surface area contributed by atoms with Crippen LogP contribution in [0.1, 0.15) is 19.3 Å². The van der Waals surface area contributed by atoms with E-state index in [2.05, 4.69) is 0 Å². The topological polar surface area (TPSA) is 35.5 Å². The molecule has 0 saturated carbocycles. The average molecular weight is 154 g/mol. The Morgan fingerprint density at radius 2 is 2.27 bits per heavy atom. The number of hydrogen-bond donors (Lipinski definition) is 0. The van der Waals surface area contributed by atoms with Crippen LogP contribution in [-0.4, -0.2) is 18.2 Å². The van der Waals surface area contributed by atoms with Gasteiger partial charge in [-0.05, 0) is 18.9 Å². The van der Waals surface area contributed by atoms with Gasteiger partial charge in [-0.2, -0.15) is 0 Å². The van der Waals surface area contributed by atoms with Crippen LogP contribution < -0.4 is 0 Å². The molecule has 2 atom stereocenters. The molecule has 2 rings (SSSR count). The Hall–Kier alpha value is -0.990. The second kappa shape index (κ2) is 2.57. The van der Waals surface area contributed by atoms with Gasteiger partial charge >= 0.3 is 5.97 Å². The van der Waals surface area contributed by atoms with Gasteiger partial charge in [0.15, 0.2) is 0 Å². The quantitative estimate of drug-likeness (QED) is 0.528. The van der Waals surface area contributed by atoms with Crippen molar-refractivity contribution in [1.29, 1.82) is 0 Å². The fourth-order valence-corrected chi connectivity index (χ4v) is 1.36. The van der Waals surface area contributed by atoms with Crippen molar-refractivity contribution in [3.8, 4) is 0 Å². The van der Waals surface area contributed by atoms with E-state index in [1.165, 1.54) is 0 Å². The molecule has 2 heterocycles. The third-order valence-electron chi connectivity index (χ3n) is 2.03. The predicted octanol–water partition coefficient (Wildman–Crippen LogP) is 0.995. The van der Waals surface area contributed by atoms with Crippen LogP contribution in [0.2, 0.25) is 0 Å². The third-order valence-corrected chi connectivity index (χ3v) is 2.03. The molecule has 0 aliphatic carbocycles. The summed E-state index contributed by atoms with van der Waals surface area (Å²) in [5.41, 5.74) is 0. The zero-order valence-electron chi connectivity index (χ0n) is 6.16. The molecule has 0 aromatic carbocycles. The Bertz CT molecular complexity index is 190. The van der Waals surface area contributed by atoms with Crippen LogP contribution in [0.3, 0.4) is 0 Å². The summed E-state index contributed by atoms with van der Waals surface area (Å²) in [7, 11) is 0. The molecule has 0 N–H and O–H groups in total. The number of carbonyl (C=O) groups excluding carboxylic acids is 1. The first-order valence-corrected chi connectivity index (χ1v) is 3.86. The zero-order chi connectivity index (χ0) is 7.68. The van der Waals surface area contributed by atoms with Crippen molar-refractivity contribution >= 4 is 5.97 Å². The van der Waals surface area contributed by atoms with Crippen LogP contribution in [0.5, 0.6) is 0 Å². The van der Waals surface area contributed by atoms with Crippen LogP contribution in [-0.2, 0) is 14.3 Å². The number of cyclic esters (lactones) is 1. The van der Waals surface area contributed by atoms with Crippen LogP contribution in [0.25, 0.3) is 0 Å². The van der Waals surface area contributed by atoms with E-state index in [4.69, 9.17) is 9.47 Å². The monoisotopic (exact) mass is 154 g/mol. The number of esters is 1. The summed E-state index contributed by atoms with van der Waals surface area (Å²) in [4.78, 5) is 10.5. The predicted molar refractivity (Wildman–Crippen MR) is 37.7 cm³/mol. The Balaban J connectivity index is 1.86. The third kappa shape index (κ3) is 1.23. The minimum Gasteiger partial charge on any atom is -0.494 e. The summed E-state index contributed by atoms with van der Waals surface area (Å²) >= 11 is 0. The van der Waals surface area contributed by atoms with E-state index in [1.54, 1.807) is 6.26 Å². The van der Waals surface area contributed by atoms with E-state index in [0.29, 0.717) is 6.42 Å². The van der Waals surface area contributed by atoms with Crippen LogP contribution in [0.4, 0.5) is 0 Å². The molecule has 3 heteroatoms. The first kappa shape index (κ1) is 6.70. The molecule has 2 unspecified atom stereocenters. The zero-order valence-corrected chi connectivity index (χ0v) is 6.16. The highest BCUT2D eigenvalue weighted by molar-refractivity contribution is 5.75. The van der Waals surface area contributed by atoms with Crippen molar-refractivity contribution in [2.24, 2.45) is 0 Å². The molecule has 0 amide bonds. The van der Waals surface area contributed by atoms with E-state index in [1.807, 2.05) is 6.08 Å². The highest BCUT2D eigenvalue weighted by Gasteiger charge is 2.36. The summed E-state index contributed by atoms with van der Waals surface area (Å²) in [6.45, 7) is 0. The van der Waals surface area contributed by atoms with Gasteiger partial charge in [-0.15, -0.1) is 0 Å². The maximum Gasteiger partial charge on any atom is 0.310 e. The normalized spacial score (nSPS) is 35.5. The molecule has 1 saturated heterocycles. The SMILES string of the molecule is O=C1CC(C2CCC=CO2)O1. The second-order valence-electron chi connectivity index (χ2n) is 2.86. The van der Waals surface area contributed by atoms with Crippen LogP contribution in [0, 0.1) is 0 Å². The molecule has 0 aromatic heterocycles. The highest BCUT2D eigenvalue weighted by Crippen LogP contribution is 2.24. The molecule has 3 nitrogen and oxygen atoms in total. The molecular formula is C8H10O3. The molecule has 1 fully saturated rings. The number of ether oxygens (including phenoxy) is 2. The minimum atomic E-state index is -0.104. The van der Waals surface area contributed by atoms with Crippen molar-refractivity contribution in [2.45, 2.75) is 31.5 Å². The highest BCUT2D eigenvalue weighted by atomic mass is 16.6. The fraction of sp³-hybridized carbons (Fsp3) is 0.625.